The quantitative estimate of drug-likeness (QED) is 0.772. The fourth-order valence-corrected chi connectivity index (χ4v) is 3.95. The van der Waals surface area contributed by atoms with Crippen LogP contribution in [0.2, 0.25) is 0 Å². The largest absolute Gasteiger partial charge is 0.350 e. The SMILES string of the molecule is Cn1cccc1[C@H]1CCC[NH+]1CC(=O)Nc1ccc(SC(F)F)cc1. The summed E-state index contributed by atoms with van der Waals surface area (Å²) in [6.45, 7) is 1.39. The first-order valence-electron chi connectivity index (χ1n) is 8.33. The molecule has 25 heavy (non-hydrogen) atoms. The van der Waals surface area contributed by atoms with E-state index in [0.717, 1.165) is 19.4 Å². The van der Waals surface area contributed by atoms with Crippen molar-refractivity contribution in [2.75, 3.05) is 18.4 Å². The van der Waals surface area contributed by atoms with Gasteiger partial charge in [0.2, 0.25) is 0 Å². The minimum Gasteiger partial charge on any atom is -0.350 e. The topological polar surface area (TPSA) is 38.5 Å². The van der Waals surface area contributed by atoms with Crippen LogP contribution < -0.4 is 10.2 Å². The number of hydrogen-bond donors (Lipinski definition) is 2. The molecule has 1 aliphatic rings. The number of rotatable bonds is 6. The molecule has 134 valence electrons. The minimum atomic E-state index is -2.44. The highest BCUT2D eigenvalue weighted by Gasteiger charge is 2.32. The summed E-state index contributed by atoms with van der Waals surface area (Å²) in [5.41, 5.74) is 1.89. The first-order valence-corrected chi connectivity index (χ1v) is 9.21. The third-order valence-corrected chi connectivity index (χ3v) is 5.30. The Labute approximate surface area is 150 Å². The molecule has 7 heteroatoms. The number of amides is 1. The summed E-state index contributed by atoms with van der Waals surface area (Å²) in [5, 5.41) is 2.87. The third kappa shape index (κ3) is 4.61. The molecular weight excluding hydrogens is 344 g/mol. The van der Waals surface area contributed by atoms with Crippen LogP contribution >= 0.6 is 11.8 Å². The first kappa shape index (κ1) is 17.9. The number of carbonyl (C=O) groups is 1. The van der Waals surface area contributed by atoms with Crippen molar-refractivity contribution in [1.29, 1.82) is 0 Å². The number of halogens is 2. The lowest BCUT2D eigenvalue weighted by atomic mass is 10.1. The number of carbonyl (C=O) groups excluding carboxylic acids is 1. The molecule has 0 aliphatic carbocycles. The van der Waals surface area contributed by atoms with Gasteiger partial charge in [0.1, 0.15) is 6.04 Å². The Morgan fingerprint density at radius 2 is 2.12 bits per heavy atom. The van der Waals surface area contributed by atoms with Crippen LogP contribution in [0.3, 0.4) is 0 Å². The van der Waals surface area contributed by atoms with Crippen LogP contribution in [0.4, 0.5) is 14.5 Å². The number of benzene rings is 1. The Bertz CT molecular complexity index is 717. The van der Waals surface area contributed by atoms with Crippen molar-refractivity contribution in [1.82, 2.24) is 4.57 Å². The number of quaternary nitrogens is 1. The van der Waals surface area contributed by atoms with Gasteiger partial charge in [-0.15, -0.1) is 0 Å². The van der Waals surface area contributed by atoms with Crippen LogP contribution in [0.5, 0.6) is 0 Å². The molecule has 2 heterocycles. The molecule has 3 rings (SSSR count). The lowest BCUT2D eigenvalue weighted by Crippen LogP contribution is -3.11. The van der Waals surface area contributed by atoms with E-state index in [-0.39, 0.29) is 5.91 Å². The zero-order chi connectivity index (χ0) is 17.8. The van der Waals surface area contributed by atoms with Gasteiger partial charge in [-0.05, 0) is 36.4 Å². The molecule has 0 saturated carbocycles. The second-order valence-electron chi connectivity index (χ2n) is 6.27. The fraction of sp³-hybridized carbons (Fsp3) is 0.389. The van der Waals surface area contributed by atoms with Crippen LogP contribution in [0.1, 0.15) is 24.6 Å². The highest BCUT2D eigenvalue weighted by atomic mass is 32.2. The smallest absolute Gasteiger partial charge is 0.288 e. The standard InChI is InChI=1S/C18H21F2N3OS/c1-22-10-2-4-15(22)16-5-3-11-23(16)12-17(24)21-13-6-8-14(9-7-13)25-18(19)20/h2,4,6-10,16,18H,3,5,11-12H2,1H3,(H,21,24)/p+1/t16-/m1/s1. The summed E-state index contributed by atoms with van der Waals surface area (Å²) in [6.07, 6.45) is 4.22. The summed E-state index contributed by atoms with van der Waals surface area (Å²) in [7, 11) is 2.03. The number of likely N-dealkylation sites (tertiary alicyclic amines) is 1. The first-order chi connectivity index (χ1) is 12.0. The van der Waals surface area contributed by atoms with Gasteiger partial charge in [0.05, 0.1) is 12.2 Å². The number of thioether (sulfide) groups is 1. The molecule has 2 atom stereocenters. The Balaban J connectivity index is 1.57. The summed E-state index contributed by atoms with van der Waals surface area (Å²) in [6, 6.07) is 11.0. The van der Waals surface area contributed by atoms with E-state index in [9.17, 15) is 13.6 Å². The average molecular weight is 366 g/mol. The van der Waals surface area contributed by atoms with E-state index in [1.807, 2.05) is 19.3 Å². The van der Waals surface area contributed by atoms with E-state index in [1.54, 1.807) is 24.3 Å². The number of nitrogens with zero attached hydrogens (tertiary/aromatic N) is 1. The van der Waals surface area contributed by atoms with Gasteiger partial charge < -0.3 is 14.8 Å². The van der Waals surface area contributed by atoms with Crippen LogP contribution in [0, 0.1) is 0 Å². The minimum absolute atomic E-state index is 0.0506. The molecule has 1 aliphatic heterocycles. The summed E-state index contributed by atoms with van der Waals surface area (Å²) < 4.78 is 26.8. The van der Waals surface area contributed by atoms with Crippen LogP contribution in [0.15, 0.2) is 47.5 Å². The van der Waals surface area contributed by atoms with Crippen molar-refractivity contribution >= 4 is 23.4 Å². The van der Waals surface area contributed by atoms with E-state index in [4.69, 9.17) is 0 Å². The maximum absolute atomic E-state index is 12.4. The van der Waals surface area contributed by atoms with Crippen molar-refractivity contribution in [2.45, 2.75) is 29.5 Å². The predicted octanol–water partition coefficient (Wildman–Crippen LogP) is 2.70. The normalized spacial score (nSPS) is 20.2. The number of hydrogen-bond acceptors (Lipinski definition) is 2. The van der Waals surface area contributed by atoms with Gasteiger partial charge in [-0.2, -0.15) is 8.78 Å². The summed E-state index contributed by atoms with van der Waals surface area (Å²) in [4.78, 5) is 14.1. The number of anilines is 1. The van der Waals surface area contributed by atoms with E-state index < -0.39 is 5.76 Å². The van der Waals surface area contributed by atoms with Gasteiger partial charge in [-0.25, -0.2) is 0 Å². The molecule has 0 spiro atoms. The van der Waals surface area contributed by atoms with Gasteiger partial charge in [0, 0.05) is 36.7 Å². The van der Waals surface area contributed by atoms with Gasteiger partial charge in [0.15, 0.2) is 6.54 Å². The zero-order valence-corrected chi connectivity index (χ0v) is 14.9. The van der Waals surface area contributed by atoms with Crippen molar-refractivity contribution in [2.24, 2.45) is 7.05 Å². The molecule has 1 unspecified atom stereocenters. The average Bonchev–Trinajstić information content (AvgIpc) is 3.17. The van der Waals surface area contributed by atoms with E-state index >= 15 is 0 Å². The highest BCUT2D eigenvalue weighted by molar-refractivity contribution is 7.99. The van der Waals surface area contributed by atoms with Crippen molar-refractivity contribution < 1.29 is 18.5 Å². The van der Waals surface area contributed by atoms with E-state index in [2.05, 4.69) is 16.0 Å². The number of alkyl halides is 2. The van der Waals surface area contributed by atoms with Crippen molar-refractivity contribution in [3.05, 3.63) is 48.3 Å². The molecule has 4 nitrogen and oxygen atoms in total. The molecule has 1 aromatic carbocycles. The molecule has 0 radical (unpaired) electrons. The van der Waals surface area contributed by atoms with Crippen LogP contribution in [0.25, 0.3) is 0 Å². The van der Waals surface area contributed by atoms with Crippen molar-refractivity contribution in [3.63, 3.8) is 0 Å². The Hall–Kier alpha value is -1.86. The Morgan fingerprint density at radius 3 is 2.76 bits per heavy atom. The van der Waals surface area contributed by atoms with Crippen molar-refractivity contribution in [3.8, 4) is 0 Å². The second kappa shape index (κ2) is 8.01. The molecule has 0 bridgehead atoms. The molecule has 2 aromatic rings. The van der Waals surface area contributed by atoms with Crippen LogP contribution in [-0.4, -0.2) is 29.3 Å². The fourth-order valence-electron chi connectivity index (χ4n) is 3.45. The van der Waals surface area contributed by atoms with Gasteiger partial charge in [-0.1, -0.05) is 11.8 Å². The Kier molecular flexibility index (Phi) is 5.75. The zero-order valence-electron chi connectivity index (χ0n) is 14.0. The molecule has 1 saturated heterocycles. The second-order valence-corrected chi connectivity index (χ2v) is 7.34. The lowest BCUT2D eigenvalue weighted by molar-refractivity contribution is -0.910. The molecular formula is C18H22F2N3OS+. The van der Waals surface area contributed by atoms with E-state index in [1.165, 1.54) is 10.6 Å². The van der Waals surface area contributed by atoms with E-state index in [0.29, 0.717) is 34.9 Å². The molecule has 1 fully saturated rings. The summed E-state index contributed by atoms with van der Waals surface area (Å²) >= 11 is 0.500. The Morgan fingerprint density at radius 1 is 1.36 bits per heavy atom. The summed E-state index contributed by atoms with van der Waals surface area (Å²) in [5.74, 6) is -2.49. The number of aromatic nitrogens is 1. The predicted molar refractivity (Wildman–Crippen MR) is 95.0 cm³/mol. The molecule has 1 aromatic heterocycles. The van der Waals surface area contributed by atoms with Gasteiger partial charge in [0.25, 0.3) is 11.7 Å². The maximum Gasteiger partial charge on any atom is 0.288 e. The maximum atomic E-state index is 12.4. The van der Waals surface area contributed by atoms with Gasteiger partial charge in [-0.3, -0.25) is 4.79 Å². The highest BCUT2D eigenvalue weighted by Crippen LogP contribution is 2.26. The molecule has 1 amide bonds. The van der Waals surface area contributed by atoms with Gasteiger partial charge >= 0.3 is 0 Å². The lowest BCUT2D eigenvalue weighted by Gasteiger charge is -2.21. The monoisotopic (exact) mass is 366 g/mol. The van der Waals surface area contributed by atoms with Crippen LogP contribution in [-0.2, 0) is 11.8 Å². The molecule has 2 N–H and O–H groups in total. The third-order valence-electron chi connectivity index (χ3n) is 4.58. The number of aryl methyl sites for hydroxylation is 1. The number of nitrogens with one attached hydrogen (secondary N) is 2.